The van der Waals surface area contributed by atoms with Crippen molar-refractivity contribution in [3.05, 3.63) is 52.6 Å². The molecule has 1 amide bonds. The van der Waals surface area contributed by atoms with Crippen LogP contribution in [-0.4, -0.2) is 35.0 Å². The number of carboxylic acid groups (broad SMARTS) is 1. The van der Waals surface area contributed by atoms with Crippen LogP contribution in [0.1, 0.15) is 30.0 Å². The van der Waals surface area contributed by atoms with Crippen LogP contribution in [0.2, 0.25) is 0 Å². The van der Waals surface area contributed by atoms with E-state index < -0.39 is 5.97 Å². The van der Waals surface area contributed by atoms with Gasteiger partial charge >= 0.3 is 0 Å². The van der Waals surface area contributed by atoms with Crippen LogP contribution >= 0.6 is 11.8 Å². The number of amidine groups is 1. The molecule has 1 aromatic carbocycles. The maximum absolute atomic E-state index is 12.5. The topological polar surface area (TPSA) is 85.9 Å². The van der Waals surface area contributed by atoms with E-state index in [1.165, 1.54) is 17.8 Å². The van der Waals surface area contributed by atoms with Crippen molar-refractivity contribution in [2.45, 2.75) is 13.8 Å². The number of rotatable bonds is 5. The zero-order chi connectivity index (χ0) is 18.7. The fourth-order valence-electron chi connectivity index (χ4n) is 2.62. The lowest BCUT2D eigenvalue weighted by molar-refractivity contribution is -0.254. The van der Waals surface area contributed by atoms with Crippen molar-refractivity contribution in [2.75, 3.05) is 13.1 Å². The summed E-state index contributed by atoms with van der Waals surface area (Å²) in [5.74, 6) is -0.505. The summed E-state index contributed by atoms with van der Waals surface area (Å²) in [5, 5.41) is 11.9. The molecule has 1 saturated heterocycles. The molecule has 0 saturated carbocycles. The summed E-state index contributed by atoms with van der Waals surface area (Å²) in [4.78, 5) is 30.2. The van der Waals surface area contributed by atoms with Gasteiger partial charge in [0.2, 0.25) is 0 Å². The molecule has 0 spiro atoms. The molecule has 0 aliphatic carbocycles. The number of amides is 1. The van der Waals surface area contributed by atoms with Crippen LogP contribution in [-0.2, 0) is 4.79 Å². The van der Waals surface area contributed by atoms with Gasteiger partial charge in [0, 0.05) is 30.3 Å². The first-order valence-electron chi connectivity index (χ1n) is 8.21. The van der Waals surface area contributed by atoms with Crippen molar-refractivity contribution in [1.82, 2.24) is 4.90 Å². The Hall–Kier alpha value is -2.80. The number of furan rings is 1. The van der Waals surface area contributed by atoms with Gasteiger partial charge in [0.25, 0.3) is 5.91 Å². The van der Waals surface area contributed by atoms with Crippen molar-refractivity contribution in [1.29, 1.82) is 0 Å². The number of likely N-dealkylation sites (N-methyl/N-ethyl adjacent to an activating group) is 1. The number of hydrogen-bond acceptors (Lipinski definition) is 6. The third-order valence-corrected chi connectivity index (χ3v) is 4.85. The van der Waals surface area contributed by atoms with Crippen LogP contribution in [0.4, 0.5) is 0 Å². The van der Waals surface area contributed by atoms with E-state index in [-0.39, 0.29) is 11.5 Å². The standard InChI is InChI=1S/C19H18N2O4S/c1-3-20-19-21(4-2)17(22)16(26-19)11-12-9-10-15(25-12)13-7-5-6-8-14(13)18(23)24/h5-11H,3-4H2,1-2H3,(H,23,24)/p-1/b16-11-,20-19?. The molecule has 0 N–H and O–H groups in total. The maximum Gasteiger partial charge on any atom is 0.266 e. The smallest absolute Gasteiger partial charge is 0.266 e. The molecule has 0 bridgehead atoms. The van der Waals surface area contributed by atoms with Gasteiger partial charge in [-0.05, 0) is 37.7 Å². The quantitative estimate of drug-likeness (QED) is 0.756. The third kappa shape index (κ3) is 3.43. The van der Waals surface area contributed by atoms with Crippen LogP contribution in [0.5, 0.6) is 0 Å². The minimum Gasteiger partial charge on any atom is -0.545 e. The highest BCUT2D eigenvalue weighted by molar-refractivity contribution is 8.18. The van der Waals surface area contributed by atoms with Crippen molar-refractivity contribution in [3.8, 4) is 11.3 Å². The number of nitrogens with zero attached hydrogens (tertiary/aromatic N) is 2. The lowest BCUT2D eigenvalue weighted by atomic mass is 10.1. The second kappa shape index (κ2) is 7.61. The summed E-state index contributed by atoms with van der Waals surface area (Å²) >= 11 is 1.31. The average Bonchev–Trinajstić information content (AvgIpc) is 3.21. The van der Waals surface area contributed by atoms with Gasteiger partial charge in [-0.3, -0.25) is 14.7 Å². The molecule has 6 nitrogen and oxygen atoms in total. The number of benzene rings is 1. The monoisotopic (exact) mass is 369 g/mol. The molecule has 1 aliphatic heterocycles. The molecule has 7 heteroatoms. The minimum absolute atomic E-state index is 0.0573. The van der Waals surface area contributed by atoms with Crippen LogP contribution < -0.4 is 5.11 Å². The summed E-state index contributed by atoms with van der Waals surface area (Å²) < 4.78 is 5.74. The Kier molecular flexibility index (Phi) is 5.27. The first-order chi connectivity index (χ1) is 12.5. The van der Waals surface area contributed by atoms with Gasteiger partial charge in [0.1, 0.15) is 11.5 Å². The lowest BCUT2D eigenvalue weighted by Gasteiger charge is -2.11. The summed E-state index contributed by atoms with van der Waals surface area (Å²) in [6.45, 7) is 4.96. The number of aromatic carboxylic acids is 1. The van der Waals surface area contributed by atoms with Gasteiger partial charge in [0.05, 0.1) is 10.9 Å². The normalized spacial score (nSPS) is 17.5. The Morgan fingerprint density at radius 3 is 2.73 bits per heavy atom. The van der Waals surface area contributed by atoms with Gasteiger partial charge in [-0.25, -0.2) is 0 Å². The molecule has 1 aliphatic rings. The van der Waals surface area contributed by atoms with Gasteiger partial charge in [-0.15, -0.1) is 0 Å². The predicted molar refractivity (Wildman–Crippen MR) is 99.4 cm³/mol. The van der Waals surface area contributed by atoms with Gasteiger partial charge in [0.15, 0.2) is 5.17 Å². The third-order valence-electron chi connectivity index (χ3n) is 3.81. The van der Waals surface area contributed by atoms with Gasteiger partial charge in [-0.1, -0.05) is 24.3 Å². The van der Waals surface area contributed by atoms with E-state index >= 15 is 0 Å². The Morgan fingerprint density at radius 1 is 1.27 bits per heavy atom. The zero-order valence-electron chi connectivity index (χ0n) is 14.4. The molecule has 2 aromatic rings. The Bertz CT molecular complexity index is 914. The van der Waals surface area contributed by atoms with E-state index in [9.17, 15) is 14.7 Å². The second-order valence-corrected chi connectivity index (χ2v) is 6.46. The molecule has 0 radical (unpaired) electrons. The summed E-state index contributed by atoms with van der Waals surface area (Å²) in [6, 6.07) is 9.85. The molecule has 134 valence electrons. The molecule has 0 unspecified atom stereocenters. The Balaban J connectivity index is 1.92. The Labute approximate surface area is 155 Å². The highest BCUT2D eigenvalue weighted by Crippen LogP contribution is 2.33. The molecule has 2 heterocycles. The van der Waals surface area contributed by atoms with E-state index in [2.05, 4.69) is 4.99 Å². The Morgan fingerprint density at radius 2 is 2.04 bits per heavy atom. The number of thioether (sulfide) groups is 1. The number of carboxylic acids is 1. The van der Waals surface area contributed by atoms with Gasteiger partial charge < -0.3 is 14.3 Å². The summed E-state index contributed by atoms with van der Waals surface area (Å²) in [6.07, 6.45) is 1.65. The number of carbonyl (C=O) groups excluding carboxylic acids is 2. The summed E-state index contributed by atoms with van der Waals surface area (Å²) in [5.41, 5.74) is 0.493. The molecule has 1 aromatic heterocycles. The van der Waals surface area contributed by atoms with Crippen LogP contribution in [0.15, 0.2) is 50.7 Å². The maximum atomic E-state index is 12.5. The largest absolute Gasteiger partial charge is 0.545 e. The average molecular weight is 369 g/mol. The van der Waals surface area contributed by atoms with E-state index in [0.29, 0.717) is 40.2 Å². The molecule has 1 fully saturated rings. The second-order valence-electron chi connectivity index (χ2n) is 5.45. The van der Waals surface area contributed by atoms with Gasteiger partial charge in [-0.2, -0.15) is 0 Å². The van der Waals surface area contributed by atoms with E-state index in [1.54, 1.807) is 41.3 Å². The van der Waals surface area contributed by atoms with Crippen LogP contribution in [0, 0.1) is 0 Å². The fraction of sp³-hybridized carbons (Fsp3) is 0.211. The first-order valence-corrected chi connectivity index (χ1v) is 9.03. The molecular formula is C19H17N2O4S-. The summed E-state index contributed by atoms with van der Waals surface area (Å²) in [7, 11) is 0. The number of carbonyl (C=O) groups is 2. The van der Waals surface area contributed by atoms with Crippen molar-refractivity contribution in [3.63, 3.8) is 0 Å². The number of aliphatic imine (C=N–C) groups is 1. The van der Waals surface area contributed by atoms with Crippen LogP contribution in [0.25, 0.3) is 17.4 Å². The fourth-order valence-corrected chi connectivity index (χ4v) is 3.71. The number of hydrogen-bond donors (Lipinski definition) is 0. The molecule has 26 heavy (non-hydrogen) atoms. The first kappa shape index (κ1) is 18.0. The molecule has 0 atom stereocenters. The van der Waals surface area contributed by atoms with E-state index in [1.807, 2.05) is 13.8 Å². The molecular weight excluding hydrogens is 352 g/mol. The predicted octanol–water partition coefficient (Wildman–Crippen LogP) is 2.62. The highest BCUT2D eigenvalue weighted by atomic mass is 32.2. The lowest BCUT2D eigenvalue weighted by Crippen LogP contribution is -2.28. The minimum atomic E-state index is -1.27. The SMILES string of the molecule is CCN=C1S/C(=C\c2ccc(-c3ccccc3C(=O)[O-])o2)C(=O)N1CC. The highest BCUT2D eigenvalue weighted by Gasteiger charge is 2.32. The van der Waals surface area contributed by atoms with Crippen molar-refractivity contribution >= 4 is 34.9 Å². The van der Waals surface area contributed by atoms with Crippen molar-refractivity contribution < 1.29 is 19.1 Å². The van der Waals surface area contributed by atoms with Crippen LogP contribution in [0.3, 0.4) is 0 Å². The zero-order valence-corrected chi connectivity index (χ0v) is 15.2. The van der Waals surface area contributed by atoms with E-state index in [0.717, 1.165) is 0 Å². The van der Waals surface area contributed by atoms with E-state index in [4.69, 9.17) is 4.42 Å². The van der Waals surface area contributed by atoms with Crippen molar-refractivity contribution in [2.24, 2.45) is 4.99 Å². The molecule has 3 rings (SSSR count).